The molecule has 0 saturated carbocycles. The second-order valence-corrected chi connectivity index (χ2v) is 13.8. The molecule has 1 heteroatoms. The smallest absolute Gasteiger partial charge is 0.0540 e. The van der Waals surface area contributed by atoms with Crippen molar-refractivity contribution in [2.24, 2.45) is 0 Å². The molecule has 1 aliphatic rings. The maximum absolute atomic E-state index is 2.47. The maximum atomic E-state index is 2.47. The molecule has 0 spiro atoms. The summed E-state index contributed by atoms with van der Waals surface area (Å²) in [6, 6.07) is 60.7. The van der Waals surface area contributed by atoms with Gasteiger partial charge in [0.15, 0.2) is 0 Å². The Morgan fingerprint density at radius 3 is 1.83 bits per heavy atom. The standard InChI is InChI=1S/C47H33N/c1-47(2)44-17-9-8-15-40(44)43-28-32-21-25-41-37(42(32)29-45(43)47)16-10-18-46(41)48(33-12-4-3-5-13-33)34-22-26-36-31(27-34)20-24-38-35-14-7-6-11-30(35)19-23-39(36)38/h3-29H,1-2H3. The first-order valence-electron chi connectivity index (χ1n) is 16.9. The molecule has 0 N–H and O–H groups in total. The van der Waals surface area contributed by atoms with E-state index in [-0.39, 0.29) is 5.41 Å². The number of rotatable bonds is 3. The van der Waals surface area contributed by atoms with Crippen LogP contribution in [0.1, 0.15) is 25.0 Å². The minimum absolute atomic E-state index is 0.0441. The molecule has 48 heavy (non-hydrogen) atoms. The second-order valence-electron chi connectivity index (χ2n) is 13.8. The van der Waals surface area contributed by atoms with Crippen LogP contribution in [-0.4, -0.2) is 0 Å². The van der Waals surface area contributed by atoms with Gasteiger partial charge in [-0.1, -0.05) is 135 Å². The number of anilines is 3. The van der Waals surface area contributed by atoms with E-state index in [1.54, 1.807) is 0 Å². The lowest BCUT2D eigenvalue weighted by Gasteiger charge is -2.27. The largest absolute Gasteiger partial charge is 0.310 e. The van der Waals surface area contributed by atoms with E-state index >= 15 is 0 Å². The van der Waals surface area contributed by atoms with Crippen LogP contribution in [0.15, 0.2) is 164 Å². The Kier molecular flexibility index (Phi) is 5.69. The van der Waals surface area contributed by atoms with Gasteiger partial charge in [-0.15, -0.1) is 0 Å². The minimum Gasteiger partial charge on any atom is -0.310 e. The van der Waals surface area contributed by atoms with Crippen LogP contribution in [0.4, 0.5) is 17.1 Å². The average Bonchev–Trinajstić information content (AvgIpc) is 3.36. The molecule has 1 aliphatic carbocycles. The van der Waals surface area contributed by atoms with Crippen molar-refractivity contribution in [1.82, 2.24) is 0 Å². The maximum Gasteiger partial charge on any atom is 0.0540 e. The van der Waals surface area contributed by atoms with E-state index in [9.17, 15) is 0 Å². The van der Waals surface area contributed by atoms with E-state index in [0.717, 1.165) is 11.4 Å². The molecule has 226 valence electrons. The lowest BCUT2D eigenvalue weighted by molar-refractivity contribution is 0.661. The van der Waals surface area contributed by atoms with Crippen molar-refractivity contribution in [2.45, 2.75) is 19.3 Å². The molecule has 0 radical (unpaired) electrons. The van der Waals surface area contributed by atoms with E-state index in [2.05, 4.69) is 183 Å². The highest BCUT2D eigenvalue weighted by Crippen LogP contribution is 2.51. The van der Waals surface area contributed by atoms with Gasteiger partial charge in [0, 0.05) is 22.2 Å². The third-order valence-electron chi connectivity index (χ3n) is 10.8. The summed E-state index contributed by atoms with van der Waals surface area (Å²) in [7, 11) is 0. The van der Waals surface area contributed by atoms with E-state index in [4.69, 9.17) is 0 Å². The van der Waals surface area contributed by atoms with Crippen LogP contribution in [0, 0.1) is 0 Å². The summed E-state index contributed by atoms with van der Waals surface area (Å²) in [6.45, 7) is 4.73. The Labute approximate surface area is 280 Å². The second kappa shape index (κ2) is 10.0. The normalized spacial score (nSPS) is 13.4. The molecule has 9 aromatic carbocycles. The number of hydrogen-bond acceptors (Lipinski definition) is 1. The summed E-state index contributed by atoms with van der Waals surface area (Å²) >= 11 is 0. The highest BCUT2D eigenvalue weighted by atomic mass is 15.1. The Bertz CT molecular complexity index is 2750. The lowest BCUT2D eigenvalue weighted by atomic mass is 9.81. The quantitative estimate of drug-likeness (QED) is 0.180. The molecule has 0 heterocycles. The first-order chi connectivity index (χ1) is 23.6. The summed E-state index contributed by atoms with van der Waals surface area (Å²) < 4.78 is 0. The van der Waals surface area contributed by atoms with Gasteiger partial charge in [-0.05, 0) is 113 Å². The topological polar surface area (TPSA) is 3.24 Å². The van der Waals surface area contributed by atoms with Gasteiger partial charge in [-0.25, -0.2) is 0 Å². The molecular formula is C47H33N. The van der Waals surface area contributed by atoms with Gasteiger partial charge in [0.05, 0.1) is 5.69 Å². The van der Waals surface area contributed by atoms with E-state index in [1.807, 2.05) is 0 Å². The fourth-order valence-electron chi connectivity index (χ4n) is 8.43. The average molecular weight is 612 g/mol. The zero-order valence-corrected chi connectivity index (χ0v) is 27.0. The fraction of sp³-hybridized carbons (Fsp3) is 0.0638. The Balaban J connectivity index is 1.18. The molecule has 10 rings (SSSR count). The fourth-order valence-corrected chi connectivity index (χ4v) is 8.43. The summed E-state index contributed by atoms with van der Waals surface area (Å²) in [5, 5.41) is 12.8. The summed E-state index contributed by atoms with van der Waals surface area (Å²) in [4.78, 5) is 2.42. The van der Waals surface area contributed by atoms with Crippen LogP contribution >= 0.6 is 0 Å². The molecule has 9 aromatic rings. The van der Waals surface area contributed by atoms with Crippen molar-refractivity contribution in [1.29, 1.82) is 0 Å². The molecule has 0 saturated heterocycles. The summed E-state index contributed by atoms with van der Waals surface area (Å²) in [5.41, 5.74) is 8.96. The number of fused-ring (bicyclic) bond motifs is 11. The van der Waals surface area contributed by atoms with Gasteiger partial charge in [-0.3, -0.25) is 0 Å². The molecule has 0 fully saturated rings. The van der Waals surface area contributed by atoms with Crippen LogP contribution in [0.5, 0.6) is 0 Å². The van der Waals surface area contributed by atoms with Crippen molar-refractivity contribution < 1.29 is 0 Å². The Morgan fingerprint density at radius 1 is 0.354 bits per heavy atom. The van der Waals surface area contributed by atoms with Gasteiger partial charge < -0.3 is 4.90 Å². The summed E-state index contributed by atoms with van der Waals surface area (Å²) in [6.07, 6.45) is 0. The number of benzene rings is 9. The molecule has 0 atom stereocenters. The highest BCUT2D eigenvalue weighted by molar-refractivity contribution is 6.18. The highest BCUT2D eigenvalue weighted by Gasteiger charge is 2.35. The zero-order valence-electron chi connectivity index (χ0n) is 27.0. The van der Waals surface area contributed by atoms with Crippen molar-refractivity contribution in [3.05, 3.63) is 175 Å². The molecule has 0 bridgehead atoms. The third-order valence-corrected chi connectivity index (χ3v) is 10.8. The van der Waals surface area contributed by atoms with Crippen LogP contribution in [-0.2, 0) is 5.41 Å². The summed E-state index contributed by atoms with van der Waals surface area (Å²) in [5.74, 6) is 0. The third kappa shape index (κ3) is 3.85. The molecule has 0 aromatic heterocycles. The minimum atomic E-state index is -0.0441. The van der Waals surface area contributed by atoms with Crippen molar-refractivity contribution in [2.75, 3.05) is 4.90 Å². The van der Waals surface area contributed by atoms with Gasteiger partial charge in [0.25, 0.3) is 0 Å². The molecule has 0 unspecified atom stereocenters. The first kappa shape index (κ1) is 27.2. The zero-order chi connectivity index (χ0) is 32.0. The van der Waals surface area contributed by atoms with E-state index < -0.39 is 0 Å². The van der Waals surface area contributed by atoms with Crippen LogP contribution in [0.2, 0.25) is 0 Å². The number of nitrogens with zero attached hydrogens (tertiary/aromatic N) is 1. The van der Waals surface area contributed by atoms with Gasteiger partial charge in [-0.2, -0.15) is 0 Å². The molecule has 0 aliphatic heterocycles. The Morgan fingerprint density at radius 2 is 0.979 bits per heavy atom. The first-order valence-corrected chi connectivity index (χ1v) is 16.9. The molecular weight excluding hydrogens is 579 g/mol. The van der Waals surface area contributed by atoms with Gasteiger partial charge in [0.1, 0.15) is 0 Å². The van der Waals surface area contributed by atoms with Crippen molar-refractivity contribution in [3.8, 4) is 11.1 Å². The SMILES string of the molecule is CC1(C)c2ccccc2-c2cc3ccc4c(N(c5ccccc5)c5ccc6c(ccc7c8ccccc8ccc67)c5)cccc4c3cc21. The van der Waals surface area contributed by atoms with E-state index in [1.165, 1.54) is 81.8 Å². The van der Waals surface area contributed by atoms with Gasteiger partial charge >= 0.3 is 0 Å². The van der Waals surface area contributed by atoms with Gasteiger partial charge in [0.2, 0.25) is 0 Å². The van der Waals surface area contributed by atoms with Crippen molar-refractivity contribution >= 4 is 70.9 Å². The van der Waals surface area contributed by atoms with Crippen LogP contribution in [0.3, 0.4) is 0 Å². The Hall–Kier alpha value is -5.92. The number of para-hydroxylation sites is 1. The predicted octanol–water partition coefficient (Wildman–Crippen LogP) is 13.2. The predicted molar refractivity (Wildman–Crippen MR) is 206 cm³/mol. The number of hydrogen-bond donors (Lipinski definition) is 0. The van der Waals surface area contributed by atoms with Crippen molar-refractivity contribution in [3.63, 3.8) is 0 Å². The monoisotopic (exact) mass is 611 g/mol. The van der Waals surface area contributed by atoms with E-state index in [0.29, 0.717) is 0 Å². The van der Waals surface area contributed by atoms with Crippen LogP contribution in [0.25, 0.3) is 65.0 Å². The van der Waals surface area contributed by atoms with Crippen LogP contribution < -0.4 is 4.90 Å². The molecule has 0 amide bonds. The molecule has 1 nitrogen and oxygen atoms in total. The lowest BCUT2D eigenvalue weighted by Crippen LogP contribution is -2.14.